The maximum Gasteiger partial charge on any atom is 0.269 e. The third-order valence-corrected chi connectivity index (χ3v) is 1.64. The van der Waals surface area contributed by atoms with Crippen LogP contribution in [0.3, 0.4) is 0 Å². The summed E-state index contributed by atoms with van der Waals surface area (Å²) in [6.07, 6.45) is 0. The first-order chi connectivity index (χ1) is 6.63. The van der Waals surface area contributed by atoms with Gasteiger partial charge in [-0.15, -0.1) is 0 Å². The predicted octanol–water partition coefficient (Wildman–Crippen LogP) is 2.29. The van der Waals surface area contributed by atoms with Crippen molar-refractivity contribution in [3.63, 3.8) is 0 Å². The Labute approximate surface area is 81.2 Å². The number of non-ortho nitro benzene ring substituents is 1. The summed E-state index contributed by atoms with van der Waals surface area (Å²) in [6.45, 7) is 1.71. The van der Waals surface area contributed by atoms with Crippen LogP contribution >= 0.6 is 0 Å². The Hall–Kier alpha value is -1.91. The number of benzene rings is 1. The quantitative estimate of drug-likeness (QED) is 0.314. The zero-order chi connectivity index (χ0) is 10.6. The molecule has 0 atom stereocenters. The van der Waals surface area contributed by atoms with Gasteiger partial charge in [-0.25, -0.2) is 4.99 Å². The summed E-state index contributed by atoms with van der Waals surface area (Å²) in [4.78, 5) is 13.9. The smallest absolute Gasteiger partial charge is 0.269 e. The highest BCUT2D eigenvalue weighted by Crippen LogP contribution is 2.17. The van der Waals surface area contributed by atoms with Crippen molar-refractivity contribution in [2.45, 2.75) is 6.92 Å². The highest BCUT2D eigenvalue weighted by molar-refractivity contribution is 5.76. The van der Waals surface area contributed by atoms with Crippen molar-refractivity contribution >= 4 is 17.3 Å². The van der Waals surface area contributed by atoms with Gasteiger partial charge in [0.05, 0.1) is 17.7 Å². The van der Waals surface area contributed by atoms with Gasteiger partial charge < -0.3 is 4.74 Å². The van der Waals surface area contributed by atoms with Crippen molar-refractivity contribution < 1.29 is 9.66 Å². The van der Waals surface area contributed by atoms with Gasteiger partial charge in [-0.05, 0) is 12.1 Å². The first-order valence-corrected chi connectivity index (χ1v) is 3.97. The van der Waals surface area contributed by atoms with E-state index in [0.29, 0.717) is 11.6 Å². The topological polar surface area (TPSA) is 64.7 Å². The molecule has 0 saturated carbocycles. The predicted molar refractivity (Wildman–Crippen MR) is 52.9 cm³/mol. The second kappa shape index (κ2) is 4.36. The Bertz CT molecular complexity index is 357. The molecule has 1 aromatic carbocycles. The van der Waals surface area contributed by atoms with Crippen LogP contribution < -0.4 is 0 Å². The van der Waals surface area contributed by atoms with Crippen molar-refractivity contribution in [1.82, 2.24) is 0 Å². The highest BCUT2D eigenvalue weighted by atomic mass is 16.6. The normalized spacial score (nSPS) is 11.1. The van der Waals surface area contributed by atoms with Gasteiger partial charge in [-0.2, -0.15) is 0 Å². The Morgan fingerprint density at radius 2 is 2.00 bits per heavy atom. The Morgan fingerprint density at radius 1 is 1.43 bits per heavy atom. The number of nitro benzene ring substituents is 1. The standard InChI is InChI=1S/C9H10N2O3/c1-7(14-2)10-8-3-5-9(6-4-8)11(12)13/h3-6H,1-2H3. The third kappa shape index (κ3) is 2.55. The van der Waals surface area contributed by atoms with Crippen LogP contribution in [0, 0.1) is 10.1 Å². The zero-order valence-electron chi connectivity index (χ0n) is 7.93. The highest BCUT2D eigenvalue weighted by Gasteiger charge is 2.02. The number of hydrogen-bond acceptors (Lipinski definition) is 4. The average molecular weight is 194 g/mol. The van der Waals surface area contributed by atoms with Crippen molar-refractivity contribution in [2.24, 2.45) is 4.99 Å². The second-order valence-corrected chi connectivity index (χ2v) is 2.61. The molecule has 1 rings (SSSR count). The molecule has 0 radical (unpaired) electrons. The second-order valence-electron chi connectivity index (χ2n) is 2.61. The molecule has 0 aromatic heterocycles. The Morgan fingerprint density at radius 3 is 2.43 bits per heavy atom. The molecule has 0 heterocycles. The van der Waals surface area contributed by atoms with E-state index < -0.39 is 4.92 Å². The van der Waals surface area contributed by atoms with E-state index in [9.17, 15) is 10.1 Å². The summed E-state index contributed by atoms with van der Waals surface area (Å²) in [5, 5.41) is 10.3. The molecule has 0 amide bonds. The molecule has 0 spiro atoms. The minimum atomic E-state index is -0.448. The van der Waals surface area contributed by atoms with Crippen LogP contribution in [0.2, 0.25) is 0 Å². The van der Waals surface area contributed by atoms with E-state index in [1.807, 2.05) is 0 Å². The molecule has 5 heteroatoms. The van der Waals surface area contributed by atoms with Gasteiger partial charge in [0.15, 0.2) is 5.90 Å². The van der Waals surface area contributed by atoms with E-state index >= 15 is 0 Å². The number of ether oxygens (including phenoxy) is 1. The summed E-state index contributed by atoms with van der Waals surface area (Å²) in [7, 11) is 1.52. The van der Waals surface area contributed by atoms with Crippen molar-refractivity contribution in [3.8, 4) is 0 Å². The van der Waals surface area contributed by atoms with Crippen LogP contribution in [0.4, 0.5) is 11.4 Å². The Balaban J connectivity index is 2.89. The van der Waals surface area contributed by atoms with Crippen LogP contribution in [0.1, 0.15) is 6.92 Å². The SMILES string of the molecule is COC(C)=Nc1ccc([N+](=O)[O-])cc1. The van der Waals surface area contributed by atoms with E-state index in [-0.39, 0.29) is 5.69 Å². The molecule has 0 fully saturated rings. The van der Waals surface area contributed by atoms with Gasteiger partial charge in [-0.3, -0.25) is 10.1 Å². The van der Waals surface area contributed by atoms with Crippen LogP contribution in [0.5, 0.6) is 0 Å². The molecule has 0 N–H and O–H groups in total. The monoisotopic (exact) mass is 194 g/mol. The number of nitro groups is 1. The van der Waals surface area contributed by atoms with Gasteiger partial charge in [0.25, 0.3) is 5.69 Å². The van der Waals surface area contributed by atoms with Crippen LogP contribution in [0.15, 0.2) is 29.3 Å². The molecule has 74 valence electrons. The summed E-state index contributed by atoms with van der Waals surface area (Å²) in [5.41, 5.74) is 0.689. The van der Waals surface area contributed by atoms with Gasteiger partial charge in [0, 0.05) is 19.1 Å². The average Bonchev–Trinajstić information content (AvgIpc) is 2.18. The van der Waals surface area contributed by atoms with E-state index in [2.05, 4.69) is 4.99 Å². The molecule has 1 aromatic rings. The molecule has 0 aliphatic rings. The molecule has 5 nitrogen and oxygen atoms in total. The third-order valence-electron chi connectivity index (χ3n) is 1.64. The first-order valence-electron chi connectivity index (χ1n) is 3.97. The lowest BCUT2D eigenvalue weighted by Gasteiger charge is -1.97. The van der Waals surface area contributed by atoms with E-state index in [0.717, 1.165) is 0 Å². The lowest BCUT2D eigenvalue weighted by molar-refractivity contribution is -0.384. The number of hydrogen-bond donors (Lipinski definition) is 0. The van der Waals surface area contributed by atoms with Crippen molar-refractivity contribution in [3.05, 3.63) is 34.4 Å². The first kappa shape index (κ1) is 10.2. The molecular weight excluding hydrogens is 184 g/mol. The zero-order valence-corrected chi connectivity index (χ0v) is 7.93. The number of rotatable bonds is 2. The number of aliphatic imine (C=N–C) groups is 1. The van der Waals surface area contributed by atoms with Gasteiger partial charge >= 0.3 is 0 Å². The van der Waals surface area contributed by atoms with Gasteiger partial charge in [0.1, 0.15) is 0 Å². The lowest BCUT2D eigenvalue weighted by atomic mass is 10.3. The summed E-state index contributed by atoms with van der Waals surface area (Å²) >= 11 is 0. The fourth-order valence-electron chi connectivity index (χ4n) is 0.876. The maximum absolute atomic E-state index is 10.3. The Kier molecular flexibility index (Phi) is 3.17. The largest absolute Gasteiger partial charge is 0.484 e. The van der Waals surface area contributed by atoms with Crippen molar-refractivity contribution in [1.29, 1.82) is 0 Å². The minimum absolute atomic E-state index is 0.0546. The molecular formula is C9H10N2O3. The van der Waals surface area contributed by atoms with E-state index in [1.54, 1.807) is 19.1 Å². The lowest BCUT2D eigenvalue weighted by Crippen LogP contribution is -1.92. The summed E-state index contributed by atoms with van der Waals surface area (Å²) < 4.78 is 4.85. The minimum Gasteiger partial charge on any atom is -0.484 e. The van der Waals surface area contributed by atoms with Crippen molar-refractivity contribution in [2.75, 3.05) is 7.11 Å². The molecule has 14 heavy (non-hydrogen) atoms. The number of nitrogens with zero attached hydrogens (tertiary/aromatic N) is 2. The summed E-state index contributed by atoms with van der Waals surface area (Å²) in [5.74, 6) is 0.513. The molecule has 0 aliphatic carbocycles. The van der Waals surface area contributed by atoms with Crippen LogP contribution in [-0.4, -0.2) is 17.9 Å². The fraction of sp³-hybridized carbons (Fsp3) is 0.222. The molecule has 0 saturated heterocycles. The number of methoxy groups -OCH3 is 1. The molecule has 0 bridgehead atoms. The van der Waals surface area contributed by atoms with Crippen LogP contribution in [-0.2, 0) is 4.74 Å². The van der Waals surface area contributed by atoms with Gasteiger partial charge in [0.2, 0.25) is 0 Å². The van der Waals surface area contributed by atoms with E-state index in [4.69, 9.17) is 4.74 Å². The van der Waals surface area contributed by atoms with Gasteiger partial charge in [-0.1, -0.05) is 0 Å². The fourth-order valence-corrected chi connectivity index (χ4v) is 0.876. The van der Waals surface area contributed by atoms with E-state index in [1.165, 1.54) is 19.2 Å². The summed E-state index contributed by atoms with van der Waals surface area (Å²) in [6, 6.07) is 5.95. The maximum atomic E-state index is 10.3. The molecule has 0 aliphatic heterocycles. The molecule has 0 unspecified atom stereocenters. The van der Waals surface area contributed by atoms with Crippen LogP contribution in [0.25, 0.3) is 0 Å².